The van der Waals surface area contributed by atoms with Gasteiger partial charge in [0.15, 0.2) is 0 Å². The van der Waals surface area contributed by atoms with E-state index in [4.69, 9.17) is 0 Å². The number of rotatable bonds is 3. The van der Waals surface area contributed by atoms with Crippen LogP contribution >= 0.6 is 0 Å². The van der Waals surface area contributed by atoms with Gasteiger partial charge in [-0.2, -0.15) is 8.78 Å². The van der Waals surface area contributed by atoms with Crippen LogP contribution in [0.2, 0.25) is 0 Å². The van der Waals surface area contributed by atoms with Crippen molar-refractivity contribution < 1.29 is 8.78 Å². The lowest BCUT2D eigenvalue weighted by molar-refractivity contribution is 0.494. The number of hydrogen-bond acceptors (Lipinski definition) is 2. The van der Waals surface area contributed by atoms with Gasteiger partial charge < -0.3 is 0 Å². The molecule has 0 aromatic carbocycles. The minimum atomic E-state index is -0.733. The zero-order chi connectivity index (χ0) is 10.1. The summed E-state index contributed by atoms with van der Waals surface area (Å²) in [4.78, 5) is 7.23. The SMILES string of the molecule is Cc1c(F)nc(CCC2CC2)nc1F. The van der Waals surface area contributed by atoms with Gasteiger partial charge in [-0.25, -0.2) is 9.97 Å². The van der Waals surface area contributed by atoms with E-state index in [-0.39, 0.29) is 11.4 Å². The molecule has 0 saturated heterocycles. The van der Waals surface area contributed by atoms with Crippen LogP contribution in [0.5, 0.6) is 0 Å². The van der Waals surface area contributed by atoms with Gasteiger partial charge in [-0.3, -0.25) is 0 Å². The zero-order valence-corrected chi connectivity index (χ0v) is 8.06. The molecule has 14 heavy (non-hydrogen) atoms. The summed E-state index contributed by atoms with van der Waals surface area (Å²) in [6.45, 7) is 1.34. The molecule has 1 fully saturated rings. The predicted molar refractivity (Wildman–Crippen MR) is 47.7 cm³/mol. The normalized spacial score (nSPS) is 15.9. The molecule has 0 spiro atoms. The zero-order valence-electron chi connectivity index (χ0n) is 8.06. The van der Waals surface area contributed by atoms with Crippen molar-refractivity contribution in [2.75, 3.05) is 0 Å². The molecule has 1 aliphatic carbocycles. The van der Waals surface area contributed by atoms with Gasteiger partial charge in [0.2, 0.25) is 11.9 Å². The van der Waals surface area contributed by atoms with Gasteiger partial charge in [-0.05, 0) is 19.3 Å². The first-order valence-electron chi connectivity index (χ1n) is 4.85. The molecular formula is C10H12F2N2. The summed E-state index contributed by atoms with van der Waals surface area (Å²) in [6, 6.07) is 0. The Hall–Kier alpha value is -1.06. The van der Waals surface area contributed by atoms with E-state index in [0.29, 0.717) is 6.42 Å². The maximum absolute atomic E-state index is 13.0. The Morgan fingerprint density at radius 1 is 1.21 bits per heavy atom. The van der Waals surface area contributed by atoms with Gasteiger partial charge in [0.05, 0.1) is 5.56 Å². The van der Waals surface area contributed by atoms with Crippen LogP contribution < -0.4 is 0 Å². The summed E-state index contributed by atoms with van der Waals surface area (Å²) in [7, 11) is 0. The van der Waals surface area contributed by atoms with Crippen molar-refractivity contribution in [2.45, 2.75) is 32.6 Å². The van der Waals surface area contributed by atoms with Crippen LogP contribution in [0.15, 0.2) is 0 Å². The molecule has 0 bridgehead atoms. The van der Waals surface area contributed by atoms with Crippen LogP contribution in [-0.4, -0.2) is 9.97 Å². The molecule has 0 atom stereocenters. The molecule has 0 aliphatic heterocycles. The lowest BCUT2D eigenvalue weighted by Crippen LogP contribution is -2.04. The lowest BCUT2D eigenvalue weighted by Gasteiger charge is -2.01. The minimum absolute atomic E-state index is 0.0971. The topological polar surface area (TPSA) is 25.8 Å². The maximum Gasteiger partial charge on any atom is 0.222 e. The molecule has 2 rings (SSSR count). The van der Waals surface area contributed by atoms with Crippen molar-refractivity contribution in [2.24, 2.45) is 5.92 Å². The van der Waals surface area contributed by atoms with E-state index in [1.165, 1.54) is 19.8 Å². The highest BCUT2D eigenvalue weighted by molar-refractivity contribution is 5.07. The van der Waals surface area contributed by atoms with E-state index in [1.54, 1.807) is 0 Å². The highest BCUT2D eigenvalue weighted by Crippen LogP contribution is 2.33. The molecule has 2 nitrogen and oxygen atoms in total. The number of hydrogen-bond donors (Lipinski definition) is 0. The molecule has 1 heterocycles. The van der Waals surface area contributed by atoms with Gasteiger partial charge in [0.1, 0.15) is 5.82 Å². The third-order valence-corrected chi connectivity index (χ3v) is 2.55. The molecule has 0 amide bonds. The Balaban J connectivity index is 2.08. The number of nitrogens with zero attached hydrogens (tertiary/aromatic N) is 2. The van der Waals surface area contributed by atoms with Gasteiger partial charge in [0.25, 0.3) is 0 Å². The number of halogens is 2. The Labute approximate surface area is 81.4 Å². The van der Waals surface area contributed by atoms with Crippen molar-refractivity contribution in [1.29, 1.82) is 0 Å². The van der Waals surface area contributed by atoms with E-state index < -0.39 is 11.9 Å². The second-order valence-corrected chi connectivity index (χ2v) is 3.83. The molecule has 4 heteroatoms. The average molecular weight is 198 g/mol. The first kappa shape index (κ1) is 9.49. The van der Waals surface area contributed by atoms with Crippen molar-refractivity contribution >= 4 is 0 Å². The highest BCUT2D eigenvalue weighted by atomic mass is 19.1. The molecule has 76 valence electrons. The van der Waals surface area contributed by atoms with E-state index in [2.05, 4.69) is 9.97 Å². The maximum atomic E-state index is 13.0. The number of aryl methyl sites for hydroxylation is 1. The van der Waals surface area contributed by atoms with Crippen LogP contribution in [0.25, 0.3) is 0 Å². The summed E-state index contributed by atoms with van der Waals surface area (Å²) in [6.07, 6.45) is 3.99. The summed E-state index contributed by atoms with van der Waals surface area (Å²) in [5.74, 6) is -0.449. The van der Waals surface area contributed by atoms with Crippen LogP contribution in [0.3, 0.4) is 0 Å². The van der Waals surface area contributed by atoms with Crippen LogP contribution in [0, 0.1) is 24.7 Å². The standard InChI is InChI=1S/C10H12F2N2/c1-6-9(11)13-8(14-10(6)12)5-4-7-2-3-7/h7H,2-5H2,1H3. The third-order valence-electron chi connectivity index (χ3n) is 2.55. The van der Waals surface area contributed by atoms with Crippen molar-refractivity contribution in [1.82, 2.24) is 9.97 Å². The van der Waals surface area contributed by atoms with E-state index >= 15 is 0 Å². The molecular weight excluding hydrogens is 186 g/mol. The Morgan fingerprint density at radius 3 is 2.29 bits per heavy atom. The van der Waals surface area contributed by atoms with Crippen LogP contribution in [-0.2, 0) is 6.42 Å². The first-order valence-corrected chi connectivity index (χ1v) is 4.85. The highest BCUT2D eigenvalue weighted by Gasteiger charge is 2.21. The van der Waals surface area contributed by atoms with Gasteiger partial charge in [-0.1, -0.05) is 12.8 Å². The minimum Gasteiger partial charge on any atom is -0.204 e. The fraction of sp³-hybridized carbons (Fsp3) is 0.600. The largest absolute Gasteiger partial charge is 0.222 e. The fourth-order valence-electron chi connectivity index (χ4n) is 1.36. The molecule has 1 aromatic heterocycles. The summed E-state index contributed by atoms with van der Waals surface area (Å²) in [5, 5.41) is 0. The molecule has 0 N–H and O–H groups in total. The number of aromatic nitrogens is 2. The van der Waals surface area contributed by atoms with E-state index in [1.807, 2.05) is 0 Å². The summed E-state index contributed by atoms with van der Waals surface area (Å²) in [5.41, 5.74) is -0.0971. The second kappa shape index (κ2) is 3.59. The molecule has 0 unspecified atom stereocenters. The average Bonchev–Trinajstić information content (AvgIpc) is 2.94. The molecule has 1 aromatic rings. The quantitative estimate of drug-likeness (QED) is 0.697. The molecule has 1 saturated carbocycles. The fourth-order valence-corrected chi connectivity index (χ4v) is 1.36. The predicted octanol–water partition coefficient (Wildman–Crippen LogP) is 2.41. The van der Waals surface area contributed by atoms with Crippen LogP contribution in [0.1, 0.15) is 30.7 Å². The Kier molecular flexibility index (Phi) is 2.44. The summed E-state index contributed by atoms with van der Waals surface area (Å²) < 4.78 is 26.0. The lowest BCUT2D eigenvalue weighted by atomic mass is 10.2. The third kappa shape index (κ3) is 2.05. The van der Waals surface area contributed by atoms with Crippen molar-refractivity contribution in [3.8, 4) is 0 Å². The molecule has 0 radical (unpaired) electrons. The van der Waals surface area contributed by atoms with Crippen molar-refractivity contribution in [3.05, 3.63) is 23.3 Å². The Morgan fingerprint density at radius 2 is 1.79 bits per heavy atom. The van der Waals surface area contributed by atoms with Gasteiger partial charge in [0, 0.05) is 6.42 Å². The Bertz CT molecular complexity index is 325. The smallest absolute Gasteiger partial charge is 0.204 e. The second-order valence-electron chi connectivity index (χ2n) is 3.83. The molecule has 1 aliphatic rings. The van der Waals surface area contributed by atoms with Crippen LogP contribution in [0.4, 0.5) is 8.78 Å². The van der Waals surface area contributed by atoms with Crippen molar-refractivity contribution in [3.63, 3.8) is 0 Å². The monoisotopic (exact) mass is 198 g/mol. The van der Waals surface area contributed by atoms with Gasteiger partial charge in [-0.15, -0.1) is 0 Å². The van der Waals surface area contributed by atoms with Gasteiger partial charge >= 0.3 is 0 Å². The van der Waals surface area contributed by atoms with E-state index in [0.717, 1.165) is 12.3 Å². The van der Waals surface area contributed by atoms with E-state index in [9.17, 15) is 8.78 Å². The summed E-state index contributed by atoms with van der Waals surface area (Å²) >= 11 is 0. The first-order chi connectivity index (χ1) is 6.66.